The summed E-state index contributed by atoms with van der Waals surface area (Å²) >= 11 is 0. The molecule has 0 N–H and O–H groups in total. The topological polar surface area (TPSA) is 23.1 Å². The third kappa shape index (κ3) is 1.86. The van der Waals surface area contributed by atoms with Crippen molar-refractivity contribution in [2.75, 3.05) is 0 Å². The molecule has 0 saturated carbocycles. The largest absolute Gasteiger partial charge is 0.594 e. The molecular formula is C2ClF5OS. The van der Waals surface area contributed by atoms with Crippen LogP contribution in [0.15, 0.2) is 0 Å². The van der Waals surface area contributed by atoms with Gasteiger partial charge < -0.3 is 4.55 Å². The molecule has 0 rings (SSSR count). The molecule has 0 aromatic rings. The van der Waals surface area contributed by atoms with Crippen LogP contribution >= 0.6 is 10.7 Å². The van der Waals surface area contributed by atoms with Crippen LogP contribution in [0.3, 0.4) is 0 Å². The van der Waals surface area contributed by atoms with E-state index < -0.39 is 21.8 Å². The Morgan fingerprint density at radius 3 is 1.40 bits per heavy atom. The minimum atomic E-state index is -5.85. The Kier molecular flexibility index (Phi) is 2.77. The highest BCUT2D eigenvalue weighted by Gasteiger charge is 2.68. The Morgan fingerprint density at radius 2 is 1.40 bits per heavy atom. The van der Waals surface area contributed by atoms with Gasteiger partial charge in [-0.15, -0.1) is 8.78 Å². The summed E-state index contributed by atoms with van der Waals surface area (Å²) in [6.07, 6.45) is -5.85. The highest BCUT2D eigenvalue weighted by Crippen LogP contribution is 2.41. The van der Waals surface area contributed by atoms with Gasteiger partial charge in [0, 0.05) is 0 Å². The molecule has 0 heterocycles. The monoisotopic (exact) mass is 202 g/mol. The first-order valence-corrected chi connectivity index (χ1v) is 3.70. The van der Waals surface area contributed by atoms with E-state index in [9.17, 15) is 26.5 Å². The molecule has 1 unspecified atom stereocenters. The molecule has 1 nitrogen and oxygen atoms in total. The molecule has 0 saturated heterocycles. The SMILES string of the molecule is [O-][S+](Cl)C(F)(F)C(F)(F)F. The van der Waals surface area contributed by atoms with Crippen molar-refractivity contribution in [3.8, 4) is 0 Å². The van der Waals surface area contributed by atoms with Gasteiger partial charge in [-0.3, -0.25) is 0 Å². The average Bonchev–Trinajstić information content (AvgIpc) is 1.62. The van der Waals surface area contributed by atoms with Crippen LogP contribution in [0.5, 0.6) is 0 Å². The van der Waals surface area contributed by atoms with Gasteiger partial charge >= 0.3 is 11.4 Å². The first kappa shape index (κ1) is 10.2. The molecular weight excluding hydrogens is 203 g/mol. The summed E-state index contributed by atoms with van der Waals surface area (Å²) in [5, 5.41) is -5.32. The Hall–Kier alpha value is 0.250. The van der Waals surface area contributed by atoms with Gasteiger partial charge in [0.05, 0.1) is 0 Å². The molecule has 0 aliphatic rings. The maximum Gasteiger partial charge on any atom is 0.523 e. The van der Waals surface area contributed by atoms with Crippen molar-refractivity contribution >= 4 is 21.1 Å². The third-order valence-electron chi connectivity index (χ3n) is 0.532. The van der Waals surface area contributed by atoms with E-state index in [-0.39, 0.29) is 0 Å². The van der Waals surface area contributed by atoms with E-state index >= 15 is 0 Å². The molecule has 0 aromatic heterocycles. The van der Waals surface area contributed by atoms with Crippen LogP contribution in [0, 0.1) is 0 Å². The summed E-state index contributed by atoms with van der Waals surface area (Å²) in [7, 11) is 0.325. The van der Waals surface area contributed by atoms with Crippen molar-refractivity contribution in [1.29, 1.82) is 0 Å². The van der Waals surface area contributed by atoms with Crippen LogP contribution in [-0.2, 0) is 10.4 Å². The smallest absolute Gasteiger partial charge is 0.523 e. The predicted octanol–water partition coefficient (Wildman–Crippen LogP) is 2.04. The highest BCUT2D eigenvalue weighted by atomic mass is 35.7. The highest BCUT2D eigenvalue weighted by molar-refractivity contribution is 8.14. The van der Waals surface area contributed by atoms with Gasteiger partial charge in [0.1, 0.15) is 0 Å². The maximum atomic E-state index is 11.5. The van der Waals surface area contributed by atoms with Crippen molar-refractivity contribution in [2.45, 2.75) is 11.4 Å². The summed E-state index contributed by atoms with van der Waals surface area (Å²) < 4.78 is 65.7. The van der Waals surface area contributed by atoms with E-state index in [1.165, 1.54) is 0 Å². The van der Waals surface area contributed by atoms with Crippen LogP contribution in [0.2, 0.25) is 0 Å². The number of rotatable bonds is 1. The third-order valence-corrected chi connectivity index (χ3v) is 1.75. The first-order chi connectivity index (χ1) is 4.19. The molecule has 10 heavy (non-hydrogen) atoms. The molecule has 62 valence electrons. The van der Waals surface area contributed by atoms with Crippen molar-refractivity contribution in [2.24, 2.45) is 0 Å². The Balaban J connectivity index is 4.40. The quantitative estimate of drug-likeness (QED) is 0.471. The number of alkyl halides is 5. The maximum absolute atomic E-state index is 11.5. The van der Waals surface area contributed by atoms with E-state index in [2.05, 4.69) is 10.7 Å². The average molecular weight is 203 g/mol. The van der Waals surface area contributed by atoms with Crippen molar-refractivity contribution < 1.29 is 26.5 Å². The fourth-order valence-electron chi connectivity index (χ4n) is 0.0910. The molecule has 8 heteroatoms. The standard InChI is InChI=1S/C2ClF5OS/c3-10(9)2(7,8)1(4,5)6. The number of hydrogen-bond acceptors (Lipinski definition) is 1. The van der Waals surface area contributed by atoms with E-state index in [4.69, 9.17) is 0 Å². The summed E-state index contributed by atoms with van der Waals surface area (Å²) in [4.78, 5) is 0. The molecule has 0 amide bonds. The fraction of sp³-hybridized carbons (Fsp3) is 1.00. The lowest BCUT2D eigenvalue weighted by Crippen LogP contribution is -2.41. The van der Waals surface area contributed by atoms with E-state index in [0.717, 1.165) is 0 Å². The van der Waals surface area contributed by atoms with E-state index in [0.29, 0.717) is 0 Å². The van der Waals surface area contributed by atoms with Gasteiger partial charge in [-0.2, -0.15) is 13.2 Å². The lowest BCUT2D eigenvalue weighted by molar-refractivity contribution is -0.240. The molecule has 0 aromatic carbocycles. The van der Waals surface area contributed by atoms with Gasteiger partial charge in [-0.25, -0.2) is 0 Å². The minimum Gasteiger partial charge on any atom is -0.594 e. The van der Waals surface area contributed by atoms with Gasteiger partial charge in [0.25, 0.3) is 0 Å². The fourth-order valence-corrected chi connectivity index (χ4v) is 0.535. The molecule has 1 atom stereocenters. The Bertz CT molecular complexity index is 121. The number of hydrogen-bond donors (Lipinski definition) is 0. The molecule has 0 aliphatic heterocycles. The van der Waals surface area contributed by atoms with Crippen LogP contribution in [0.25, 0.3) is 0 Å². The zero-order valence-corrected chi connectivity index (χ0v) is 5.66. The van der Waals surface area contributed by atoms with Gasteiger partial charge in [-0.05, 0) is 0 Å². The van der Waals surface area contributed by atoms with Crippen molar-refractivity contribution in [1.82, 2.24) is 0 Å². The Morgan fingerprint density at radius 1 is 1.10 bits per heavy atom. The first-order valence-electron chi connectivity index (χ1n) is 1.72. The van der Waals surface area contributed by atoms with Crippen molar-refractivity contribution in [3.05, 3.63) is 0 Å². The second kappa shape index (κ2) is 2.71. The molecule has 0 fully saturated rings. The lowest BCUT2D eigenvalue weighted by Gasteiger charge is -2.15. The van der Waals surface area contributed by atoms with Gasteiger partial charge in [0.2, 0.25) is 0 Å². The molecule has 0 radical (unpaired) electrons. The van der Waals surface area contributed by atoms with E-state index in [1.807, 2.05) is 0 Å². The molecule has 0 bridgehead atoms. The van der Waals surface area contributed by atoms with Crippen molar-refractivity contribution in [3.63, 3.8) is 0 Å². The summed E-state index contributed by atoms with van der Waals surface area (Å²) in [6.45, 7) is 0. The summed E-state index contributed by atoms with van der Waals surface area (Å²) in [5.74, 6) is 0. The minimum absolute atomic E-state index is 3.73. The normalized spacial score (nSPS) is 17.1. The summed E-state index contributed by atoms with van der Waals surface area (Å²) in [5.41, 5.74) is 0. The second-order valence-electron chi connectivity index (χ2n) is 1.24. The predicted molar refractivity (Wildman–Crippen MR) is 25.0 cm³/mol. The van der Waals surface area contributed by atoms with Crippen LogP contribution in [-0.4, -0.2) is 16.0 Å². The van der Waals surface area contributed by atoms with E-state index in [1.54, 1.807) is 0 Å². The van der Waals surface area contributed by atoms with Crippen LogP contribution in [0.4, 0.5) is 22.0 Å². The van der Waals surface area contributed by atoms with Gasteiger partial charge in [0.15, 0.2) is 21.1 Å². The lowest BCUT2D eigenvalue weighted by atomic mass is 10.7. The zero-order chi connectivity index (χ0) is 8.58. The van der Waals surface area contributed by atoms with Crippen LogP contribution < -0.4 is 0 Å². The van der Waals surface area contributed by atoms with Gasteiger partial charge in [-0.1, -0.05) is 0 Å². The molecule has 0 aliphatic carbocycles. The Labute approximate surface area is 59.8 Å². The second-order valence-corrected chi connectivity index (χ2v) is 3.04. The van der Waals surface area contributed by atoms with Crippen LogP contribution in [0.1, 0.15) is 0 Å². The summed E-state index contributed by atoms with van der Waals surface area (Å²) in [6, 6.07) is 0. The zero-order valence-electron chi connectivity index (χ0n) is 4.08. The number of halogens is 6. The molecule has 0 spiro atoms.